The molecule has 1 nitrogen and oxygen atoms in total. The van der Waals surface area contributed by atoms with Crippen molar-refractivity contribution in [3.8, 4) is 0 Å². The molecule has 44 valence electrons. The number of rotatable bonds is 1. The summed E-state index contributed by atoms with van der Waals surface area (Å²) < 4.78 is 5.02. The van der Waals surface area contributed by atoms with Gasteiger partial charge in [0.15, 0.2) is 5.05 Å². The van der Waals surface area contributed by atoms with Crippen molar-refractivity contribution in [3.63, 3.8) is 0 Å². The van der Waals surface area contributed by atoms with Gasteiger partial charge in [-0.2, -0.15) is 0 Å². The van der Waals surface area contributed by atoms with E-state index in [0.717, 1.165) is 18.1 Å². The molecule has 0 N–H and O–H groups in total. The van der Waals surface area contributed by atoms with Crippen LogP contribution >= 0.6 is 12.2 Å². The van der Waals surface area contributed by atoms with Crippen LogP contribution in [0.4, 0.5) is 0 Å². The lowest BCUT2D eigenvalue weighted by molar-refractivity contribution is 0.326. The van der Waals surface area contributed by atoms with Gasteiger partial charge in [-0.05, 0) is 12.2 Å². The minimum atomic E-state index is 0.475. The fraction of sp³-hybridized carbons (Fsp3) is 0.500. The molecule has 2 heteroatoms. The van der Waals surface area contributed by atoms with E-state index in [9.17, 15) is 0 Å². The van der Waals surface area contributed by atoms with Gasteiger partial charge in [-0.3, -0.25) is 0 Å². The normalized spacial score (nSPS) is 27.5. The van der Waals surface area contributed by atoms with Crippen LogP contribution < -0.4 is 0 Å². The van der Waals surface area contributed by atoms with Crippen molar-refractivity contribution in [2.24, 2.45) is 5.92 Å². The topological polar surface area (TPSA) is 9.23 Å². The summed E-state index contributed by atoms with van der Waals surface area (Å²) in [5, 5.41) is 0.731. The fourth-order valence-electron chi connectivity index (χ4n) is 0.683. The van der Waals surface area contributed by atoms with Gasteiger partial charge in [-0.15, -0.1) is 6.58 Å². The first-order chi connectivity index (χ1) is 3.83. The molecule has 1 rings (SSSR count). The fourth-order valence-corrected chi connectivity index (χ4v) is 0.965. The van der Waals surface area contributed by atoms with Crippen LogP contribution in [0.5, 0.6) is 0 Å². The first-order valence-corrected chi connectivity index (χ1v) is 3.02. The van der Waals surface area contributed by atoms with E-state index in [1.807, 2.05) is 6.08 Å². The Morgan fingerprint density at radius 1 is 1.88 bits per heavy atom. The van der Waals surface area contributed by atoms with Crippen molar-refractivity contribution in [2.75, 3.05) is 6.61 Å². The number of hydrogen-bond donors (Lipinski definition) is 0. The van der Waals surface area contributed by atoms with Crippen LogP contribution in [0.2, 0.25) is 0 Å². The quantitative estimate of drug-likeness (QED) is 0.391. The largest absolute Gasteiger partial charge is 0.486 e. The van der Waals surface area contributed by atoms with E-state index < -0.39 is 0 Å². The van der Waals surface area contributed by atoms with Crippen LogP contribution in [0.1, 0.15) is 6.42 Å². The van der Waals surface area contributed by atoms with Crippen LogP contribution in [0.3, 0.4) is 0 Å². The molecule has 0 aromatic rings. The first-order valence-electron chi connectivity index (χ1n) is 2.61. The predicted molar refractivity (Wildman–Crippen MR) is 36.9 cm³/mol. The predicted octanol–water partition coefficient (Wildman–Crippen LogP) is 1.54. The van der Waals surface area contributed by atoms with Gasteiger partial charge in [0.2, 0.25) is 0 Å². The van der Waals surface area contributed by atoms with E-state index >= 15 is 0 Å². The zero-order valence-corrected chi connectivity index (χ0v) is 5.41. The maximum atomic E-state index is 5.02. The second-order valence-corrected chi connectivity index (χ2v) is 2.34. The SMILES string of the molecule is C=CC1COC(=S)C1. The Hall–Kier alpha value is -0.370. The molecule has 1 fully saturated rings. The smallest absolute Gasteiger partial charge is 0.160 e. The molecular formula is C6H8OS. The van der Waals surface area contributed by atoms with Crippen LogP contribution in [0, 0.1) is 5.92 Å². The highest BCUT2D eigenvalue weighted by Crippen LogP contribution is 2.14. The molecule has 1 aliphatic rings. The lowest BCUT2D eigenvalue weighted by Gasteiger charge is -1.91. The van der Waals surface area contributed by atoms with Gasteiger partial charge in [-0.25, -0.2) is 0 Å². The third kappa shape index (κ3) is 1.07. The molecule has 1 aliphatic heterocycles. The van der Waals surface area contributed by atoms with Crippen molar-refractivity contribution in [3.05, 3.63) is 12.7 Å². The second kappa shape index (κ2) is 2.27. The minimum absolute atomic E-state index is 0.475. The summed E-state index contributed by atoms with van der Waals surface area (Å²) >= 11 is 4.79. The van der Waals surface area contributed by atoms with Crippen molar-refractivity contribution in [2.45, 2.75) is 6.42 Å². The summed E-state index contributed by atoms with van der Waals surface area (Å²) in [6.07, 6.45) is 2.78. The number of ether oxygens (including phenoxy) is 1. The molecule has 8 heavy (non-hydrogen) atoms. The Kier molecular flexibility index (Phi) is 1.63. The summed E-state index contributed by atoms with van der Waals surface area (Å²) in [6.45, 7) is 4.38. The lowest BCUT2D eigenvalue weighted by atomic mass is 10.1. The average molecular weight is 128 g/mol. The third-order valence-electron chi connectivity index (χ3n) is 1.22. The Bertz CT molecular complexity index is 120. The monoisotopic (exact) mass is 128 g/mol. The maximum absolute atomic E-state index is 5.02. The number of thiocarbonyl (C=S) groups is 1. The van der Waals surface area contributed by atoms with Gasteiger partial charge in [0.25, 0.3) is 0 Å². The van der Waals surface area contributed by atoms with Crippen molar-refractivity contribution >= 4 is 17.3 Å². The lowest BCUT2D eigenvalue weighted by Crippen LogP contribution is -1.90. The first kappa shape index (κ1) is 5.76. The van der Waals surface area contributed by atoms with E-state index in [1.165, 1.54) is 0 Å². The molecule has 0 saturated carbocycles. The molecule has 0 amide bonds. The highest BCUT2D eigenvalue weighted by atomic mass is 32.1. The van der Waals surface area contributed by atoms with Crippen molar-refractivity contribution < 1.29 is 4.74 Å². The van der Waals surface area contributed by atoms with Crippen molar-refractivity contribution in [1.29, 1.82) is 0 Å². The summed E-state index contributed by atoms with van der Waals surface area (Å²) in [4.78, 5) is 0. The molecule has 0 spiro atoms. The van der Waals surface area contributed by atoms with E-state index in [2.05, 4.69) is 6.58 Å². The zero-order valence-electron chi connectivity index (χ0n) is 4.59. The van der Waals surface area contributed by atoms with Crippen LogP contribution in [-0.4, -0.2) is 11.7 Å². The molecule has 1 atom stereocenters. The van der Waals surface area contributed by atoms with Crippen LogP contribution in [0.15, 0.2) is 12.7 Å². The highest BCUT2D eigenvalue weighted by Gasteiger charge is 2.16. The Morgan fingerprint density at radius 2 is 2.62 bits per heavy atom. The highest BCUT2D eigenvalue weighted by molar-refractivity contribution is 7.80. The molecule has 1 saturated heterocycles. The summed E-state index contributed by atoms with van der Waals surface area (Å²) in [5.41, 5.74) is 0. The van der Waals surface area contributed by atoms with Gasteiger partial charge in [0.05, 0.1) is 6.61 Å². The summed E-state index contributed by atoms with van der Waals surface area (Å²) in [5.74, 6) is 0.475. The van der Waals surface area contributed by atoms with E-state index in [0.29, 0.717) is 5.92 Å². The minimum Gasteiger partial charge on any atom is -0.486 e. The Labute approximate surface area is 54.3 Å². The van der Waals surface area contributed by atoms with E-state index in [-0.39, 0.29) is 0 Å². The van der Waals surface area contributed by atoms with Crippen LogP contribution in [0.25, 0.3) is 0 Å². The van der Waals surface area contributed by atoms with Gasteiger partial charge in [0, 0.05) is 12.3 Å². The Morgan fingerprint density at radius 3 is 2.88 bits per heavy atom. The summed E-state index contributed by atoms with van der Waals surface area (Å²) in [6, 6.07) is 0. The standard InChI is InChI=1S/C6H8OS/c1-2-5-3-6(8)7-4-5/h2,5H,1,3-4H2. The van der Waals surface area contributed by atoms with Gasteiger partial charge >= 0.3 is 0 Å². The van der Waals surface area contributed by atoms with Crippen molar-refractivity contribution in [1.82, 2.24) is 0 Å². The van der Waals surface area contributed by atoms with Crippen LogP contribution in [-0.2, 0) is 4.74 Å². The zero-order chi connectivity index (χ0) is 5.98. The average Bonchev–Trinajstić information content (AvgIpc) is 2.14. The molecule has 1 unspecified atom stereocenters. The van der Waals surface area contributed by atoms with Gasteiger partial charge < -0.3 is 4.74 Å². The molecule has 0 aliphatic carbocycles. The molecular weight excluding hydrogens is 120 g/mol. The van der Waals surface area contributed by atoms with Gasteiger partial charge in [0.1, 0.15) is 0 Å². The van der Waals surface area contributed by atoms with E-state index in [4.69, 9.17) is 17.0 Å². The molecule has 0 bridgehead atoms. The molecule has 1 heterocycles. The summed E-state index contributed by atoms with van der Waals surface area (Å²) in [7, 11) is 0. The second-order valence-electron chi connectivity index (χ2n) is 1.88. The Balaban J connectivity index is 2.43. The van der Waals surface area contributed by atoms with E-state index in [1.54, 1.807) is 0 Å². The third-order valence-corrected chi connectivity index (χ3v) is 1.51. The van der Waals surface area contributed by atoms with Gasteiger partial charge in [-0.1, -0.05) is 6.08 Å². The maximum Gasteiger partial charge on any atom is 0.160 e. The number of hydrogen-bond acceptors (Lipinski definition) is 2. The molecule has 0 aromatic heterocycles. The molecule has 0 aromatic carbocycles. The molecule has 0 radical (unpaired) electrons.